The van der Waals surface area contributed by atoms with Crippen LogP contribution in [-0.2, 0) is 23.8 Å². The van der Waals surface area contributed by atoms with Crippen LogP contribution in [0.5, 0.6) is 0 Å². The number of allylic oxidation sites excluding steroid dienone is 24. The van der Waals surface area contributed by atoms with E-state index in [1.54, 1.807) is 0 Å². The average molecular weight is 966 g/mol. The van der Waals surface area contributed by atoms with Gasteiger partial charge in [0.2, 0.25) is 0 Å². The predicted molar refractivity (Wildman–Crippen MR) is 306 cm³/mol. The highest BCUT2D eigenvalue weighted by atomic mass is 16.6. The Bertz CT molecular complexity index is 1510. The van der Waals surface area contributed by atoms with E-state index in [9.17, 15) is 9.59 Å². The lowest BCUT2D eigenvalue weighted by molar-refractivity contribution is -0.163. The molecule has 1 atom stereocenters. The van der Waals surface area contributed by atoms with Crippen molar-refractivity contribution in [1.29, 1.82) is 0 Å². The second-order valence-electron chi connectivity index (χ2n) is 18.1. The van der Waals surface area contributed by atoms with Gasteiger partial charge in [0.05, 0.1) is 6.61 Å². The summed E-state index contributed by atoms with van der Waals surface area (Å²) in [6, 6.07) is 0. The molecule has 0 heterocycles. The van der Waals surface area contributed by atoms with E-state index < -0.39 is 6.10 Å². The van der Waals surface area contributed by atoms with Gasteiger partial charge in [0.15, 0.2) is 6.10 Å². The van der Waals surface area contributed by atoms with Gasteiger partial charge in [-0.25, -0.2) is 0 Å². The lowest BCUT2D eigenvalue weighted by atomic mass is 10.1. The fourth-order valence-electron chi connectivity index (χ4n) is 7.19. The zero-order valence-corrected chi connectivity index (χ0v) is 45.2. The first kappa shape index (κ1) is 65.8. The van der Waals surface area contributed by atoms with Crippen molar-refractivity contribution in [2.24, 2.45) is 0 Å². The molecular formula is C65H104O5. The minimum Gasteiger partial charge on any atom is -0.462 e. The lowest BCUT2D eigenvalue weighted by Crippen LogP contribution is -2.30. The zero-order chi connectivity index (χ0) is 50.6. The molecule has 0 amide bonds. The van der Waals surface area contributed by atoms with Crippen LogP contribution in [0.2, 0.25) is 0 Å². The largest absolute Gasteiger partial charge is 0.462 e. The number of unbranched alkanes of at least 4 members (excludes halogenated alkanes) is 15. The van der Waals surface area contributed by atoms with Crippen molar-refractivity contribution in [3.8, 4) is 0 Å². The van der Waals surface area contributed by atoms with E-state index in [1.165, 1.54) is 51.4 Å². The normalized spacial score (nSPS) is 13.4. The van der Waals surface area contributed by atoms with Gasteiger partial charge in [-0.3, -0.25) is 9.59 Å². The Morgan fingerprint density at radius 2 is 0.657 bits per heavy atom. The van der Waals surface area contributed by atoms with Crippen LogP contribution < -0.4 is 0 Å². The second-order valence-corrected chi connectivity index (χ2v) is 18.1. The van der Waals surface area contributed by atoms with Crippen LogP contribution in [-0.4, -0.2) is 37.9 Å². The molecule has 0 bridgehead atoms. The number of hydrogen-bond acceptors (Lipinski definition) is 5. The molecule has 1 unspecified atom stereocenters. The van der Waals surface area contributed by atoms with Crippen molar-refractivity contribution < 1.29 is 23.8 Å². The third kappa shape index (κ3) is 56.4. The quantitative estimate of drug-likeness (QED) is 0.0345. The van der Waals surface area contributed by atoms with Crippen LogP contribution in [0.15, 0.2) is 146 Å². The Hall–Kier alpha value is -4.22. The summed E-state index contributed by atoms with van der Waals surface area (Å²) in [5, 5.41) is 0. The molecule has 5 nitrogen and oxygen atoms in total. The highest BCUT2D eigenvalue weighted by molar-refractivity contribution is 5.70. The molecule has 0 saturated heterocycles. The first-order valence-corrected chi connectivity index (χ1v) is 28.4. The molecule has 0 aromatic heterocycles. The van der Waals surface area contributed by atoms with Crippen LogP contribution in [0.4, 0.5) is 0 Å². The molecule has 0 fully saturated rings. The third-order valence-electron chi connectivity index (χ3n) is 11.3. The number of carbonyl (C=O) groups is 2. The van der Waals surface area contributed by atoms with Crippen LogP contribution in [0.3, 0.4) is 0 Å². The number of hydrogen-bond donors (Lipinski definition) is 0. The summed E-state index contributed by atoms with van der Waals surface area (Å²) in [6.45, 7) is 7.44. The van der Waals surface area contributed by atoms with Crippen molar-refractivity contribution in [2.75, 3.05) is 19.8 Å². The molecule has 394 valence electrons. The summed E-state index contributed by atoms with van der Waals surface area (Å²) in [5.74, 6) is -0.497. The highest BCUT2D eigenvalue weighted by Crippen LogP contribution is 2.13. The molecule has 0 rings (SSSR count). The summed E-state index contributed by atoms with van der Waals surface area (Å²) in [4.78, 5) is 25.5. The van der Waals surface area contributed by atoms with Crippen molar-refractivity contribution in [3.63, 3.8) is 0 Å². The molecule has 0 aliphatic carbocycles. The fourth-order valence-corrected chi connectivity index (χ4v) is 7.19. The smallest absolute Gasteiger partial charge is 0.306 e. The Balaban J connectivity index is 4.47. The van der Waals surface area contributed by atoms with Crippen LogP contribution >= 0.6 is 0 Å². The fraction of sp³-hybridized carbons (Fsp3) is 0.600. The highest BCUT2D eigenvalue weighted by Gasteiger charge is 2.17. The Morgan fingerprint density at radius 3 is 1.07 bits per heavy atom. The van der Waals surface area contributed by atoms with E-state index in [4.69, 9.17) is 14.2 Å². The summed E-state index contributed by atoms with van der Waals surface area (Å²) in [6.07, 6.45) is 85.8. The molecule has 0 saturated carbocycles. The Kier molecular flexibility index (Phi) is 55.5. The summed E-state index contributed by atoms with van der Waals surface area (Å²) >= 11 is 0. The number of rotatable bonds is 50. The van der Waals surface area contributed by atoms with E-state index in [0.717, 1.165) is 141 Å². The maximum atomic E-state index is 12.9. The van der Waals surface area contributed by atoms with Crippen molar-refractivity contribution in [1.82, 2.24) is 0 Å². The minimum atomic E-state index is -0.589. The predicted octanol–water partition coefficient (Wildman–Crippen LogP) is 19.7. The van der Waals surface area contributed by atoms with Crippen LogP contribution in [0, 0.1) is 0 Å². The van der Waals surface area contributed by atoms with E-state index >= 15 is 0 Å². The van der Waals surface area contributed by atoms with Crippen molar-refractivity contribution in [2.45, 2.75) is 232 Å². The maximum Gasteiger partial charge on any atom is 0.306 e. The summed E-state index contributed by atoms with van der Waals surface area (Å²) < 4.78 is 17.4. The van der Waals surface area contributed by atoms with Crippen molar-refractivity contribution in [3.05, 3.63) is 146 Å². The molecule has 0 aliphatic heterocycles. The average Bonchev–Trinajstić information content (AvgIpc) is 3.36. The van der Waals surface area contributed by atoms with Gasteiger partial charge in [-0.1, -0.05) is 224 Å². The molecule has 70 heavy (non-hydrogen) atoms. The molecule has 0 aromatic rings. The van der Waals surface area contributed by atoms with Gasteiger partial charge in [-0.05, 0) is 135 Å². The van der Waals surface area contributed by atoms with Crippen molar-refractivity contribution >= 4 is 11.9 Å². The SMILES string of the molecule is CC/C=C\C/C=C\C/C=C\C/C=C\C/C=C\CCCCCCOCC(COC(=O)CCC/C=C\C/C=C\C/C=C\C/C=C\C/C=C\CC)OC(=O)CCCCCCCCC/C=C\C/C=C\CCCCC. The standard InChI is InChI=1S/C65H104O5/c1-4-7-10-13-16-19-22-25-28-31-32-33-36-39-42-45-48-51-54-57-60-68-61-63(70-65(67)59-56-53-50-47-44-41-38-35-30-27-24-21-18-15-12-9-6-3)62-69-64(66)58-55-52-49-46-43-40-37-34-29-26-23-20-17-14-11-8-5-2/h7-8,10-11,16-21,25-30,32-33,37,39-40,42,46,49,63H,4-6,9,12-15,22-24,31,34-36,38,41,43-45,47-48,50-62H2,1-3H3/b10-7-,11-8-,19-16-,20-17-,21-18-,28-25-,29-26-,30-27-,33-32-,40-37-,42-39-,49-46-. The molecule has 0 radical (unpaired) electrons. The van der Waals surface area contributed by atoms with Gasteiger partial charge < -0.3 is 14.2 Å². The summed E-state index contributed by atoms with van der Waals surface area (Å²) in [7, 11) is 0. The van der Waals surface area contributed by atoms with E-state index in [-0.39, 0.29) is 25.2 Å². The molecule has 0 spiro atoms. The lowest BCUT2D eigenvalue weighted by Gasteiger charge is -2.18. The second kappa shape index (κ2) is 59.1. The summed E-state index contributed by atoms with van der Waals surface area (Å²) in [5.41, 5.74) is 0. The monoisotopic (exact) mass is 965 g/mol. The topological polar surface area (TPSA) is 61.8 Å². The first-order valence-electron chi connectivity index (χ1n) is 28.4. The first-order chi connectivity index (χ1) is 34.6. The van der Waals surface area contributed by atoms with E-state index in [0.29, 0.717) is 19.4 Å². The van der Waals surface area contributed by atoms with Gasteiger partial charge in [0.1, 0.15) is 6.61 Å². The van der Waals surface area contributed by atoms with Crippen LogP contribution in [0.25, 0.3) is 0 Å². The maximum absolute atomic E-state index is 12.9. The molecule has 0 aliphatic rings. The molecule has 5 heteroatoms. The van der Waals surface area contributed by atoms with E-state index in [2.05, 4.69) is 167 Å². The van der Waals surface area contributed by atoms with Gasteiger partial charge in [-0.15, -0.1) is 0 Å². The van der Waals surface area contributed by atoms with Gasteiger partial charge in [0, 0.05) is 19.4 Å². The number of carbonyl (C=O) groups excluding carboxylic acids is 2. The van der Waals surface area contributed by atoms with E-state index in [1.807, 2.05) is 0 Å². The minimum absolute atomic E-state index is 0.0322. The van der Waals surface area contributed by atoms with Gasteiger partial charge >= 0.3 is 11.9 Å². The molecule has 0 aromatic carbocycles. The zero-order valence-electron chi connectivity index (χ0n) is 45.2. The molecular weight excluding hydrogens is 861 g/mol. The third-order valence-corrected chi connectivity index (χ3v) is 11.3. The number of ether oxygens (including phenoxy) is 3. The number of esters is 2. The Morgan fingerprint density at radius 1 is 0.329 bits per heavy atom. The van der Waals surface area contributed by atoms with Gasteiger partial charge in [-0.2, -0.15) is 0 Å². The van der Waals surface area contributed by atoms with Crippen LogP contribution in [0.1, 0.15) is 226 Å². The molecule has 0 N–H and O–H groups in total. The Labute approximate surface area is 431 Å². The van der Waals surface area contributed by atoms with Gasteiger partial charge in [0.25, 0.3) is 0 Å².